The van der Waals surface area contributed by atoms with Crippen molar-refractivity contribution >= 4 is 40.5 Å². The Morgan fingerprint density at radius 2 is 1.50 bits per heavy atom. The lowest BCUT2D eigenvalue weighted by Crippen LogP contribution is -2.33. The maximum absolute atomic E-state index is 11.6. The zero-order chi connectivity index (χ0) is 36.9. The first-order valence-electron chi connectivity index (χ1n) is 18.0. The van der Waals surface area contributed by atoms with Gasteiger partial charge in [-0.25, -0.2) is 24.5 Å². The summed E-state index contributed by atoms with van der Waals surface area (Å²) in [4.78, 5) is 35.8. The van der Waals surface area contributed by atoms with Gasteiger partial charge in [0.15, 0.2) is 11.5 Å². The highest BCUT2D eigenvalue weighted by Crippen LogP contribution is 2.30. The molecule has 0 spiro atoms. The van der Waals surface area contributed by atoms with E-state index in [9.17, 15) is 9.59 Å². The number of anilines is 3. The Hall–Kier alpha value is -5.65. The molecule has 1 fully saturated rings. The summed E-state index contributed by atoms with van der Waals surface area (Å²) < 4.78 is 7.36. The number of carbonyl (C=O) groups is 2. The molecule has 274 valence electrons. The van der Waals surface area contributed by atoms with E-state index in [1.165, 1.54) is 32.1 Å². The number of nitrogen functional groups attached to an aromatic ring is 1. The molecule has 5 aromatic rings. The van der Waals surface area contributed by atoms with Crippen LogP contribution in [0.15, 0.2) is 85.2 Å². The molecule has 6 N–H and O–H groups in total. The van der Waals surface area contributed by atoms with Crippen LogP contribution in [0.1, 0.15) is 69.8 Å². The molecule has 12 nitrogen and oxygen atoms in total. The number of ether oxygens (including phenoxy) is 1. The summed E-state index contributed by atoms with van der Waals surface area (Å²) in [6.07, 6.45) is 11.1. The summed E-state index contributed by atoms with van der Waals surface area (Å²) in [6, 6.07) is 23.7. The number of hydrogen-bond acceptors (Lipinski definition) is 8. The molecule has 1 aliphatic rings. The second-order valence-electron chi connectivity index (χ2n) is 14.0. The lowest BCUT2D eigenvalue weighted by molar-refractivity contribution is 0.0528. The van der Waals surface area contributed by atoms with E-state index in [0.29, 0.717) is 31.0 Å². The maximum Gasteiger partial charge on any atom is 0.407 e. The van der Waals surface area contributed by atoms with Gasteiger partial charge < -0.3 is 31.5 Å². The molecule has 12 heteroatoms. The minimum atomic E-state index is -0.987. The van der Waals surface area contributed by atoms with Crippen molar-refractivity contribution in [1.82, 2.24) is 30.2 Å². The highest BCUT2D eigenvalue weighted by molar-refractivity contribution is 5.74. The van der Waals surface area contributed by atoms with Gasteiger partial charge in [0, 0.05) is 43.3 Å². The van der Waals surface area contributed by atoms with Crippen molar-refractivity contribution in [3.63, 3.8) is 0 Å². The van der Waals surface area contributed by atoms with Crippen LogP contribution in [0.3, 0.4) is 0 Å². The Kier molecular flexibility index (Phi) is 13.0. The van der Waals surface area contributed by atoms with Gasteiger partial charge in [0.1, 0.15) is 16.9 Å². The molecule has 2 aromatic carbocycles. The van der Waals surface area contributed by atoms with Crippen LogP contribution in [0, 0.1) is 5.92 Å². The Labute approximate surface area is 305 Å². The molecule has 6 rings (SSSR count). The van der Waals surface area contributed by atoms with Gasteiger partial charge in [0.2, 0.25) is 0 Å². The number of alkyl carbamates (subject to hydrolysis) is 1. The van der Waals surface area contributed by atoms with Crippen LogP contribution in [0.5, 0.6) is 0 Å². The second kappa shape index (κ2) is 18.0. The second-order valence-corrected chi connectivity index (χ2v) is 14.0. The van der Waals surface area contributed by atoms with Gasteiger partial charge in [-0.3, -0.25) is 4.57 Å². The topological polar surface area (TPSA) is 169 Å². The van der Waals surface area contributed by atoms with Crippen molar-refractivity contribution in [2.75, 3.05) is 24.1 Å². The number of carboxylic acid groups (broad SMARTS) is 1. The van der Waals surface area contributed by atoms with E-state index >= 15 is 0 Å². The third-order valence-electron chi connectivity index (χ3n) is 8.76. The molecule has 0 aliphatic heterocycles. The molecule has 3 heterocycles. The minimum Gasteiger partial charge on any atom is -0.465 e. The number of nitrogens with zero attached hydrogens (tertiary/aromatic N) is 4. The van der Waals surface area contributed by atoms with Crippen LogP contribution in [-0.4, -0.2) is 55.5 Å². The highest BCUT2D eigenvalue weighted by atomic mass is 16.6. The maximum atomic E-state index is 11.6. The number of nitrogens with two attached hydrogens (primary N) is 1. The molecular formula is C40H50N8O4. The van der Waals surface area contributed by atoms with Crippen LogP contribution in [-0.2, 0) is 24.0 Å². The number of fused-ring (bicyclic) bond motifs is 1. The zero-order valence-corrected chi connectivity index (χ0v) is 30.3. The van der Waals surface area contributed by atoms with Crippen molar-refractivity contribution in [2.24, 2.45) is 5.92 Å². The minimum absolute atomic E-state index is 0.397. The molecule has 3 aromatic heterocycles. The number of aryl methyl sites for hydroxylation is 1. The van der Waals surface area contributed by atoms with E-state index in [1.807, 2.05) is 75.5 Å². The summed E-state index contributed by atoms with van der Waals surface area (Å²) in [6.45, 7) is 6.46. The molecule has 1 saturated carbocycles. The Morgan fingerprint density at radius 1 is 0.865 bits per heavy atom. The predicted molar refractivity (Wildman–Crippen MR) is 205 cm³/mol. The molecule has 2 amide bonds. The molecule has 0 bridgehead atoms. The largest absolute Gasteiger partial charge is 0.465 e. The van der Waals surface area contributed by atoms with Crippen LogP contribution in [0.2, 0.25) is 0 Å². The number of aromatic nitrogens is 4. The fourth-order valence-electron chi connectivity index (χ4n) is 6.19. The van der Waals surface area contributed by atoms with E-state index in [2.05, 4.69) is 42.6 Å². The van der Waals surface area contributed by atoms with Gasteiger partial charge in [0.25, 0.3) is 0 Å². The fraction of sp³-hybridized carbons (Fsp3) is 0.375. The van der Waals surface area contributed by atoms with Crippen LogP contribution >= 0.6 is 0 Å². The van der Waals surface area contributed by atoms with Crippen LogP contribution in [0.4, 0.5) is 26.8 Å². The molecule has 0 radical (unpaired) electrons. The summed E-state index contributed by atoms with van der Waals surface area (Å²) in [5.74, 6) is 2.53. The van der Waals surface area contributed by atoms with Gasteiger partial charge in [-0.2, -0.15) is 0 Å². The first kappa shape index (κ1) is 37.6. The highest BCUT2D eigenvalue weighted by Gasteiger charge is 2.19. The number of imidazole rings is 1. The zero-order valence-electron chi connectivity index (χ0n) is 30.3. The molecule has 1 aliphatic carbocycles. The van der Waals surface area contributed by atoms with E-state index in [0.717, 1.165) is 58.2 Å². The monoisotopic (exact) mass is 706 g/mol. The van der Waals surface area contributed by atoms with Crippen LogP contribution in [0.25, 0.3) is 16.9 Å². The third kappa shape index (κ3) is 11.4. The standard InChI is InChI=1S/C22H26N4O2.C18H24N4O2/c27-22(28)24-15-13-17-7-10-18(11-8-17)26-20(12-9-16-4-1-2-5-16)25-19-6-3-14-23-21(19)26;1-18(2,3)24-17(23)21-12-10-13-6-8-14(9-7-13)22-16-15(19)5-4-11-20-16/h3,6-8,10-11,14,16,24H,1-2,4-5,9,12-13,15H2,(H,27,28);4-9,11H,10,12,19H2,1-3H3,(H,20,22)(H,21,23). The normalized spacial score (nSPS) is 12.9. The number of nitrogens with one attached hydrogen (secondary N) is 3. The van der Waals surface area contributed by atoms with Gasteiger partial charge in [-0.15, -0.1) is 0 Å². The number of amides is 2. The Balaban J connectivity index is 0.000000204. The first-order valence-corrected chi connectivity index (χ1v) is 18.0. The third-order valence-corrected chi connectivity index (χ3v) is 8.76. The molecular weight excluding hydrogens is 656 g/mol. The van der Waals surface area contributed by atoms with E-state index in [4.69, 9.17) is 20.6 Å². The van der Waals surface area contributed by atoms with Crippen molar-refractivity contribution in [1.29, 1.82) is 0 Å². The van der Waals surface area contributed by atoms with Crippen LogP contribution < -0.4 is 21.7 Å². The quantitative estimate of drug-likeness (QED) is 0.0868. The van der Waals surface area contributed by atoms with E-state index in [1.54, 1.807) is 18.3 Å². The lowest BCUT2D eigenvalue weighted by Gasteiger charge is -2.19. The van der Waals surface area contributed by atoms with Crippen molar-refractivity contribution < 1.29 is 19.4 Å². The molecule has 52 heavy (non-hydrogen) atoms. The summed E-state index contributed by atoms with van der Waals surface area (Å²) in [5, 5.41) is 17.0. The predicted octanol–water partition coefficient (Wildman–Crippen LogP) is 7.83. The Morgan fingerprint density at radius 3 is 2.15 bits per heavy atom. The summed E-state index contributed by atoms with van der Waals surface area (Å²) in [7, 11) is 0. The van der Waals surface area contributed by atoms with Gasteiger partial charge in [0.05, 0.1) is 5.69 Å². The summed E-state index contributed by atoms with van der Waals surface area (Å²) in [5.41, 5.74) is 12.0. The summed E-state index contributed by atoms with van der Waals surface area (Å²) >= 11 is 0. The van der Waals surface area contributed by atoms with E-state index < -0.39 is 17.8 Å². The fourth-order valence-corrected chi connectivity index (χ4v) is 6.19. The average Bonchev–Trinajstić information content (AvgIpc) is 3.77. The number of carbonyl (C=O) groups excluding carboxylic acids is 1. The molecule has 0 saturated heterocycles. The Bertz CT molecular complexity index is 1900. The number of pyridine rings is 2. The SMILES string of the molecule is CC(C)(C)OC(=O)NCCc1ccc(Nc2ncccc2N)cc1.O=C(O)NCCc1ccc(-n2c(CCC3CCCC3)nc3cccnc32)cc1. The molecule has 0 atom stereocenters. The number of hydrogen-bond donors (Lipinski definition) is 5. The first-order chi connectivity index (χ1) is 25.0. The molecule has 0 unspecified atom stereocenters. The van der Waals surface area contributed by atoms with Crippen molar-refractivity contribution in [3.05, 3.63) is 102 Å². The average molecular weight is 707 g/mol. The van der Waals surface area contributed by atoms with Crippen molar-refractivity contribution in [3.8, 4) is 5.69 Å². The number of rotatable bonds is 12. The van der Waals surface area contributed by atoms with Gasteiger partial charge in [-0.1, -0.05) is 49.9 Å². The number of benzene rings is 2. The van der Waals surface area contributed by atoms with E-state index in [-0.39, 0.29) is 0 Å². The van der Waals surface area contributed by atoms with Gasteiger partial charge >= 0.3 is 12.2 Å². The lowest BCUT2D eigenvalue weighted by atomic mass is 10.0. The van der Waals surface area contributed by atoms with Crippen molar-refractivity contribution in [2.45, 2.75) is 77.7 Å². The van der Waals surface area contributed by atoms with Gasteiger partial charge in [-0.05, 0) is 106 Å². The smallest absolute Gasteiger partial charge is 0.407 e.